The Kier molecular flexibility index (Phi) is 6.25. The maximum absolute atomic E-state index is 12.1. The van der Waals surface area contributed by atoms with Gasteiger partial charge in [0.2, 0.25) is 5.91 Å². The van der Waals surface area contributed by atoms with Gasteiger partial charge in [0.05, 0.1) is 6.54 Å². The number of benzene rings is 1. The van der Waals surface area contributed by atoms with Crippen molar-refractivity contribution in [1.29, 1.82) is 0 Å². The van der Waals surface area contributed by atoms with Crippen LogP contribution in [0.4, 0.5) is 5.69 Å². The molecule has 4 nitrogen and oxygen atoms in total. The highest BCUT2D eigenvalue weighted by Gasteiger charge is 2.25. The second-order valence-electron chi connectivity index (χ2n) is 5.19. The highest BCUT2D eigenvalue weighted by molar-refractivity contribution is 14.1. The van der Waals surface area contributed by atoms with Crippen molar-refractivity contribution in [3.63, 3.8) is 0 Å². The van der Waals surface area contributed by atoms with E-state index in [2.05, 4.69) is 32.8 Å². The first-order valence-electron chi connectivity index (χ1n) is 7.09. The van der Waals surface area contributed by atoms with Gasteiger partial charge in [0.15, 0.2) is 0 Å². The number of hydrogen-bond donors (Lipinski definition) is 2. The van der Waals surface area contributed by atoms with E-state index >= 15 is 0 Å². The molecule has 1 saturated carbocycles. The number of nitrogens with one attached hydrogen (secondary N) is 1. The van der Waals surface area contributed by atoms with Gasteiger partial charge in [0.1, 0.15) is 0 Å². The number of anilines is 1. The summed E-state index contributed by atoms with van der Waals surface area (Å²) in [6.45, 7) is 1.39. The van der Waals surface area contributed by atoms with Crippen molar-refractivity contribution < 1.29 is 9.90 Å². The maximum Gasteiger partial charge on any atom is 0.238 e. The maximum atomic E-state index is 12.1. The largest absolute Gasteiger partial charge is 0.396 e. The van der Waals surface area contributed by atoms with Crippen molar-refractivity contribution in [3.05, 3.63) is 27.8 Å². The molecule has 0 spiro atoms. The average molecular weight is 388 g/mol. The minimum absolute atomic E-state index is 0.0249. The molecule has 1 fully saturated rings. The summed E-state index contributed by atoms with van der Waals surface area (Å²) in [7, 11) is 0. The molecule has 0 unspecified atom stereocenters. The molecule has 2 N–H and O–H groups in total. The van der Waals surface area contributed by atoms with Crippen molar-refractivity contribution in [1.82, 2.24) is 4.90 Å². The third-order valence-electron chi connectivity index (χ3n) is 3.65. The van der Waals surface area contributed by atoms with E-state index in [1.807, 2.05) is 24.3 Å². The van der Waals surface area contributed by atoms with E-state index in [9.17, 15) is 4.79 Å². The molecule has 0 aromatic heterocycles. The molecule has 1 aromatic carbocycles. The summed E-state index contributed by atoms with van der Waals surface area (Å²) in [5.74, 6) is 0.0249. The standard InChI is InChI=1S/C15H21IN2O2/c16-12-4-1-5-13(10-12)17-15(20)11-18(8-3-9-19)14-6-2-7-14/h1,4-5,10,14,19H,2-3,6-9,11H2,(H,17,20). The SMILES string of the molecule is O=C(CN(CCCO)C1CCC1)Nc1cccc(I)c1. The van der Waals surface area contributed by atoms with Gasteiger partial charge in [-0.05, 0) is 60.1 Å². The van der Waals surface area contributed by atoms with Gasteiger partial charge in [-0.2, -0.15) is 0 Å². The summed E-state index contributed by atoms with van der Waals surface area (Å²) in [5, 5.41) is 11.9. The summed E-state index contributed by atoms with van der Waals surface area (Å²) in [5.41, 5.74) is 0.845. The van der Waals surface area contributed by atoms with Crippen LogP contribution in [-0.4, -0.2) is 41.7 Å². The van der Waals surface area contributed by atoms with Crippen LogP contribution < -0.4 is 5.32 Å². The van der Waals surface area contributed by atoms with Gasteiger partial charge < -0.3 is 10.4 Å². The van der Waals surface area contributed by atoms with Crippen LogP contribution in [0.3, 0.4) is 0 Å². The van der Waals surface area contributed by atoms with Gasteiger partial charge in [0, 0.05) is 28.5 Å². The molecule has 0 saturated heterocycles. The van der Waals surface area contributed by atoms with Gasteiger partial charge in [-0.15, -0.1) is 0 Å². The van der Waals surface area contributed by atoms with E-state index in [4.69, 9.17) is 5.11 Å². The fourth-order valence-corrected chi connectivity index (χ4v) is 2.91. The number of aliphatic hydroxyl groups excluding tert-OH is 1. The number of carbonyl (C=O) groups is 1. The summed E-state index contributed by atoms with van der Waals surface area (Å²) >= 11 is 2.23. The first-order valence-corrected chi connectivity index (χ1v) is 8.17. The van der Waals surface area contributed by atoms with Crippen molar-refractivity contribution in [3.8, 4) is 0 Å². The Morgan fingerprint density at radius 1 is 1.45 bits per heavy atom. The van der Waals surface area contributed by atoms with E-state index < -0.39 is 0 Å². The summed E-state index contributed by atoms with van der Waals surface area (Å²) in [4.78, 5) is 14.3. The number of nitrogens with zero attached hydrogens (tertiary/aromatic N) is 1. The number of rotatable bonds is 7. The van der Waals surface area contributed by atoms with Crippen LogP contribution in [0, 0.1) is 3.57 Å². The second kappa shape index (κ2) is 7.95. The Balaban J connectivity index is 1.87. The summed E-state index contributed by atoms with van der Waals surface area (Å²) in [6.07, 6.45) is 4.32. The Labute approximate surface area is 133 Å². The molecular weight excluding hydrogens is 367 g/mol. The lowest BCUT2D eigenvalue weighted by atomic mass is 9.91. The molecule has 1 aromatic rings. The molecule has 20 heavy (non-hydrogen) atoms. The molecule has 0 bridgehead atoms. The minimum Gasteiger partial charge on any atom is -0.396 e. The van der Waals surface area contributed by atoms with E-state index in [-0.39, 0.29) is 12.5 Å². The first kappa shape index (κ1) is 15.7. The highest BCUT2D eigenvalue weighted by atomic mass is 127. The highest BCUT2D eigenvalue weighted by Crippen LogP contribution is 2.24. The lowest BCUT2D eigenvalue weighted by Gasteiger charge is -2.37. The zero-order chi connectivity index (χ0) is 14.4. The van der Waals surface area contributed by atoms with Crippen LogP contribution in [-0.2, 0) is 4.79 Å². The lowest BCUT2D eigenvalue weighted by Crippen LogP contribution is -2.45. The van der Waals surface area contributed by atoms with Crippen LogP contribution in [0.2, 0.25) is 0 Å². The fraction of sp³-hybridized carbons (Fsp3) is 0.533. The molecule has 0 radical (unpaired) electrons. The van der Waals surface area contributed by atoms with Crippen LogP contribution >= 0.6 is 22.6 Å². The van der Waals surface area contributed by atoms with Crippen molar-refractivity contribution in [2.75, 3.05) is 25.0 Å². The second-order valence-corrected chi connectivity index (χ2v) is 6.44. The smallest absolute Gasteiger partial charge is 0.238 e. The van der Waals surface area contributed by atoms with Crippen molar-refractivity contribution in [2.45, 2.75) is 31.7 Å². The molecule has 1 aliphatic carbocycles. The Bertz CT molecular complexity index is 449. The fourth-order valence-electron chi connectivity index (χ4n) is 2.37. The van der Waals surface area contributed by atoms with Gasteiger partial charge in [0.25, 0.3) is 0 Å². The lowest BCUT2D eigenvalue weighted by molar-refractivity contribution is -0.118. The van der Waals surface area contributed by atoms with Crippen molar-refractivity contribution in [2.24, 2.45) is 0 Å². The predicted octanol–water partition coefficient (Wildman–Crippen LogP) is 2.47. The molecule has 0 heterocycles. The third kappa shape index (κ3) is 4.71. The van der Waals surface area contributed by atoms with Crippen LogP contribution in [0.1, 0.15) is 25.7 Å². The molecule has 1 aliphatic rings. The van der Waals surface area contributed by atoms with Gasteiger partial charge in [-0.3, -0.25) is 9.69 Å². The Morgan fingerprint density at radius 2 is 2.25 bits per heavy atom. The minimum atomic E-state index is 0.0249. The van der Waals surface area contributed by atoms with E-state index in [0.29, 0.717) is 12.6 Å². The number of amides is 1. The first-order chi connectivity index (χ1) is 9.69. The van der Waals surface area contributed by atoms with E-state index in [1.165, 1.54) is 19.3 Å². The molecule has 1 amide bonds. The van der Waals surface area contributed by atoms with Crippen LogP contribution in [0.15, 0.2) is 24.3 Å². The Hall–Kier alpha value is -0.660. The quantitative estimate of drug-likeness (QED) is 0.706. The Morgan fingerprint density at radius 3 is 2.85 bits per heavy atom. The molecule has 0 aliphatic heterocycles. The topological polar surface area (TPSA) is 52.6 Å². The normalized spacial score (nSPS) is 15.2. The number of carbonyl (C=O) groups excluding carboxylic acids is 1. The van der Waals surface area contributed by atoms with Crippen molar-refractivity contribution >= 4 is 34.2 Å². The number of aliphatic hydroxyl groups is 1. The zero-order valence-corrected chi connectivity index (χ0v) is 13.7. The number of halogens is 1. The number of hydrogen-bond acceptors (Lipinski definition) is 3. The summed E-state index contributed by atoms with van der Waals surface area (Å²) in [6, 6.07) is 8.31. The molecule has 5 heteroatoms. The van der Waals surface area contributed by atoms with Gasteiger partial charge in [-0.25, -0.2) is 0 Å². The third-order valence-corrected chi connectivity index (χ3v) is 4.32. The van der Waals surface area contributed by atoms with E-state index in [0.717, 1.165) is 22.2 Å². The zero-order valence-electron chi connectivity index (χ0n) is 11.5. The molecule has 0 atom stereocenters. The van der Waals surface area contributed by atoms with E-state index in [1.54, 1.807) is 0 Å². The van der Waals surface area contributed by atoms with Crippen LogP contribution in [0.5, 0.6) is 0 Å². The molecule has 110 valence electrons. The monoisotopic (exact) mass is 388 g/mol. The molecule has 2 rings (SSSR count). The van der Waals surface area contributed by atoms with Gasteiger partial charge >= 0.3 is 0 Å². The average Bonchev–Trinajstić information content (AvgIpc) is 2.33. The summed E-state index contributed by atoms with van der Waals surface area (Å²) < 4.78 is 1.11. The molecular formula is C15H21IN2O2. The van der Waals surface area contributed by atoms with Gasteiger partial charge in [-0.1, -0.05) is 12.5 Å². The predicted molar refractivity (Wildman–Crippen MR) is 88.7 cm³/mol. The van der Waals surface area contributed by atoms with Crippen LogP contribution in [0.25, 0.3) is 0 Å².